The molecule has 0 aliphatic heterocycles. The SMILES string of the molecule is Cc1ccc(N(C=O)CCC(=O)O)cc1. The molecule has 15 heavy (non-hydrogen) atoms. The van der Waals surface area contributed by atoms with Crippen molar-refractivity contribution in [3.63, 3.8) is 0 Å². The Morgan fingerprint density at radius 3 is 2.47 bits per heavy atom. The second kappa shape index (κ2) is 5.14. The minimum absolute atomic E-state index is 0.0490. The molecule has 1 aromatic rings. The molecule has 0 aliphatic rings. The van der Waals surface area contributed by atoms with Crippen LogP contribution < -0.4 is 4.90 Å². The lowest BCUT2D eigenvalue weighted by Gasteiger charge is -2.16. The van der Waals surface area contributed by atoms with Crippen molar-refractivity contribution < 1.29 is 14.7 Å². The van der Waals surface area contributed by atoms with Crippen molar-refractivity contribution in [2.75, 3.05) is 11.4 Å². The molecule has 0 saturated carbocycles. The number of nitrogens with zero attached hydrogens (tertiary/aromatic N) is 1. The van der Waals surface area contributed by atoms with Gasteiger partial charge >= 0.3 is 5.97 Å². The van der Waals surface area contributed by atoms with E-state index in [4.69, 9.17) is 5.11 Å². The first kappa shape index (κ1) is 11.2. The van der Waals surface area contributed by atoms with Crippen LogP contribution in [0, 0.1) is 6.92 Å². The Bertz CT molecular complexity index is 345. The Morgan fingerprint density at radius 2 is 2.00 bits per heavy atom. The summed E-state index contributed by atoms with van der Waals surface area (Å²) in [5, 5.41) is 8.51. The van der Waals surface area contributed by atoms with Crippen LogP contribution in [0.15, 0.2) is 24.3 Å². The number of rotatable bonds is 5. The Labute approximate surface area is 88.1 Å². The third-order valence-corrected chi connectivity index (χ3v) is 2.06. The third-order valence-electron chi connectivity index (χ3n) is 2.06. The van der Waals surface area contributed by atoms with E-state index in [-0.39, 0.29) is 13.0 Å². The number of carboxylic acid groups (broad SMARTS) is 1. The number of hydrogen-bond donors (Lipinski definition) is 1. The van der Waals surface area contributed by atoms with Crippen molar-refractivity contribution in [3.8, 4) is 0 Å². The highest BCUT2D eigenvalue weighted by Gasteiger charge is 2.06. The molecule has 1 rings (SSSR count). The van der Waals surface area contributed by atoms with E-state index in [0.29, 0.717) is 6.41 Å². The Balaban J connectivity index is 2.69. The molecule has 0 atom stereocenters. The fourth-order valence-corrected chi connectivity index (χ4v) is 1.19. The summed E-state index contributed by atoms with van der Waals surface area (Å²) in [6.07, 6.45) is 0.597. The number of carbonyl (C=O) groups is 2. The number of aliphatic carboxylic acids is 1. The van der Waals surface area contributed by atoms with E-state index in [2.05, 4.69) is 0 Å². The minimum Gasteiger partial charge on any atom is -0.481 e. The summed E-state index contributed by atoms with van der Waals surface area (Å²) < 4.78 is 0. The number of amides is 1. The van der Waals surface area contributed by atoms with Crippen LogP contribution in [0.25, 0.3) is 0 Å². The highest BCUT2D eigenvalue weighted by atomic mass is 16.4. The van der Waals surface area contributed by atoms with Crippen molar-refractivity contribution in [1.82, 2.24) is 0 Å². The predicted octanol–water partition coefficient (Wildman–Crippen LogP) is 1.43. The second-order valence-corrected chi connectivity index (χ2v) is 3.28. The molecule has 0 radical (unpaired) electrons. The zero-order valence-corrected chi connectivity index (χ0v) is 8.51. The fraction of sp³-hybridized carbons (Fsp3) is 0.273. The summed E-state index contributed by atoms with van der Waals surface area (Å²) in [5.74, 6) is -0.908. The van der Waals surface area contributed by atoms with E-state index in [1.807, 2.05) is 19.1 Å². The van der Waals surface area contributed by atoms with Gasteiger partial charge in [-0.25, -0.2) is 0 Å². The monoisotopic (exact) mass is 207 g/mol. The predicted molar refractivity (Wildman–Crippen MR) is 56.8 cm³/mol. The average molecular weight is 207 g/mol. The van der Waals surface area contributed by atoms with E-state index < -0.39 is 5.97 Å². The third kappa shape index (κ3) is 3.42. The van der Waals surface area contributed by atoms with Gasteiger partial charge < -0.3 is 10.0 Å². The van der Waals surface area contributed by atoms with Gasteiger partial charge in [-0.1, -0.05) is 17.7 Å². The normalized spacial score (nSPS) is 9.67. The fourth-order valence-electron chi connectivity index (χ4n) is 1.19. The Kier molecular flexibility index (Phi) is 3.85. The first-order valence-electron chi connectivity index (χ1n) is 4.64. The van der Waals surface area contributed by atoms with Gasteiger partial charge in [-0.2, -0.15) is 0 Å². The van der Waals surface area contributed by atoms with E-state index in [9.17, 15) is 9.59 Å². The van der Waals surface area contributed by atoms with Crippen LogP contribution >= 0.6 is 0 Å². The summed E-state index contributed by atoms with van der Waals surface area (Å²) >= 11 is 0. The molecule has 4 nitrogen and oxygen atoms in total. The first-order chi connectivity index (χ1) is 7.13. The number of anilines is 1. The molecule has 0 spiro atoms. The van der Waals surface area contributed by atoms with Crippen LogP contribution in [0.4, 0.5) is 5.69 Å². The van der Waals surface area contributed by atoms with Crippen LogP contribution in [-0.4, -0.2) is 24.0 Å². The van der Waals surface area contributed by atoms with Gasteiger partial charge in [0.2, 0.25) is 6.41 Å². The molecule has 0 unspecified atom stereocenters. The van der Waals surface area contributed by atoms with Gasteiger partial charge in [-0.05, 0) is 19.1 Å². The highest BCUT2D eigenvalue weighted by molar-refractivity contribution is 5.77. The molecule has 0 heterocycles. The molecule has 1 amide bonds. The second-order valence-electron chi connectivity index (χ2n) is 3.28. The van der Waals surface area contributed by atoms with Gasteiger partial charge in [0.25, 0.3) is 0 Å². The number of hydrogen-bond acceptors (Lipinski definition) is 2. The van der Waals surface area contributed by atoms with Crippen molar-refractivity contribution in [2.45, 2.75) is 13.3 Å². The summed E-state index contributed by atoms with van der Waals surface area (Å²) in [6.45, 7) is 2.15. The first-order valence-corrected chi connectivity index (χ1v) is 4.64. The molecule has 4 heteroatoms. The van der Waals surface area contributed by atoms with Gasteiger partial charge in [0.15, 0.2) is 0 Å². The van der Waals surface area contributed by atoms with Crippen molar-refractivity contribution in [2.24, 2.45) is 0 Å². The number of aryl methyl sites for hydroxylation is 1. The summed E-state index contributed by atoms with van der Waals surface area (Å²) in [6, 6.07) is 7.36. The number of benzene rings is 1. The van der Waals surface area contributed by atoms with Gasteiger partial charge in [0.1, 0.15) is 0 Å². The smallest absolute Gasteiger partial charge is 0.305 e. The molecular formula is C11H13NO3. The average Bonchev–Trinajstić information content (AvgIpc) is 2.21. The molecular weight excluding hydrogens is 194 g/mol. The Hall–Kier alpha value is -1.84. The van der Waals surface area contributed by atoms with Gasteiger partial charge in [-0.15, -0.1) is 0 Å². The molecule has 0 saturated heterocycles. The van der Waals surface area contributed by atoms with Crippen molar-refractivity contribution >= 4 is 18.1 Å². The standard InChI is InChI=1S/C11H13NO3/c1-9-2-4-10(5-3-9)12(8-13)7-6-11(14)15/h2-5,8H,6-7H2,1H3,(H,14,15). The summed E-state index contributed by atoms with van der Waals surface area (Å²) in [7, 11) is 0. The molecule has 0 aliphatic carbocycles. The van der Waals surface area contributed by atoms with Crippen molar-refractivity contribution in [3.05, 3.63) is 29.8 Å². The Morgan fingerprint density at radius 1 is 1.40 bits per heavy atom. The van der Waals surface area contributed by atoms with E-state index >= 15 is 0 Å². The number of carboxylic acids is 1. The minimum atomic E-state index is -0.908. The molecule has 0 fully saturated rings. The topological polar surface area (TPSA) is 57.6 Å². The molecule has 80 valence electrons. The van der Waals surface area contributed by atoms with E-state index in [0.717, 1.165) is 11.3 Å². The van der Waals surface area contributed by atoms with Crippen LogP contribution in [0.2, 0.25) is 0 Å². The van der Waals surface area contributed by atoms with Crippen LogP contribution in [0.1, 0.15) is 12.0 Å². The quantitative estimate of drug-likeness (QED) is 0.743. The molecule has 0 bridgehead atoms. The zero-order valence-electron chi connectivity index (χ0n) is 8.51. The lowest BCUT2D eigenvalue weighted by atomic mass is 10.2. The van der Waals surface area contributed by atoms with Crippen LogP contribution in [-0.2, 0) is 9.59 Å². The number of carbonyl (C=O) groups excluding carboxylic acids is 1. The van der Waals surface area contributed by atoms with Gasteiger partial charge in [-0.3, -0.25) is 9.59 Å². The highest BCUT2D eigenvalue weighted by Crippen LogP contribution is 2.13. The molecule has 0 aromatic heterocycles. The maximum Gasteiger partial charge on any atom is 0.305 e. The van der Waals surface area contributed by atoms with Crippen LogP contribution in [0.5, 0.6) is 0 Å². The lowest BCUT2D eigenvalue weighted by Crippen LogP contribution is -2.24. The van der Waals surface area contributed by atoms with Crippen LogP contribution in [0.3, 0.4) is 0 Å². The zero-order chi connectivity index (χ0) is 11.3. The summed E-state index contributed by atoms with van der Waals surface area (Å²) in [5.41, 5.74) is 1.82. The molecule has 1 aromatic carbocycles. The maximum absolute atomic E-state index is 10.7. The van der Waals surface area contributed by atoms with Gasteiger partial charge in [0.05, 0.1) is 6.42 Å². The van der Waals surface area contributed by atoms with Crippen molar-refractivity contribution in [1.29, 1.82) is 0 Å². The van der Waals surface area contributed by atoms with Gasteiger partial charge in [0, 0.05) is 12.2 Å². The lowest BCUT2D eigenvalue weighted by molar-refractivity contribution is -0.136. The maximum atomic E-state index is 10.7. The molecule has 1 N–H and O–H groups in total. The van der Waals surface area contributed by atoms with E-state index in [1.165, 1.54) is 4.90 Å². The summed E-state index contributed by atoms with van der Waals surface area (Å²) in [4.78, 5) is 22.5. The van der Waals surface area contributed by atoms with E-state index in [1.54, 1.807) is 12.1 Å². The largest absolute Gasteiger partial charge is 0.481 e.